The molecule has 1 aliphatic rings. The fraction of sp³-hybridized carbons (Fsp3) is 0.194. The van der Waals surface area contributed by atoms with Crippen molar-refractivity contribution < 1.29 is 23.9 Å². The molecule has 228 valence electrons. The normalized spacial score (nSPS) is 15.6. The van der Waals surface area contributed by atoms with E-state index in [1.807, 2.05) is 72.8 Å². The Morgan fingerprint density at radius 3 is 2.29 bits per heavy atom. The average Bonchev–Trinajstić information content (AvgIpc) is 3.39. The van der Waals surface area contributed by atoms with Crippen LogP contribution in [-0.4, -0.2) is 43.7 Å². The van der Waals surface area contributed by atoms with Gasteiger partial charge in [-0.15, -0.1) is 11.8 Å². The highest BCUT2D eigenvalue weighted by molar-refractivity contribution is 8.01. The van der Waals surface area contributed by atoms with Crippen LogP contribution in [0.1, 0.15) is 44.4 Å². The third kappa shape index (κ3) is 7.48. The van der Waals surface area contributed by atoms with E-state index in [-0.39, 0.29) is 18.2 Å². The number of ether oxygens (including phenoxy) is 2. The van der Waals surface area contributed by atoms with Crippen LogP contribution in [-0.2, 0) is 16.0 Å². The highest BCUT2D eigenvalue weighted by Gasteiger charge is 2.42. The van der Waals surface area contributed by atoms with E-state index < -0.39 is 16.5 Å². The molecule has 0 unspecified atom stereocenters. The van der Waals surface area contributed by atoms with Gasteiger partial charge < -0.3 is 20.5 Å². The predicted octanol–water partition coefficient (Wildman–Crippen LogP) is 5.10. The van der Waals surface area contributed by atoms with Gasteiger partial charge in [-0.25, -0.2) is 0 Å². The summed E-state index contributed by atoms with van der Waals surface area (Å²) < 4.78 is 10.9. The Kier molecular flexibility index (Phi) is 10.1. The predicted molar refractivity (Wildman–Crippen MR) is 176 cm³/mol. The first-order valence-electron chi connectivity index (χ1n) is 14.4. The summed E-state index contributed by atoms with van der Waals surface area (Å²) >= 11 is 1.40. The second-order valence-corrected chi connectivity index (χ2v) is 11.6. The average molecular weight is 620 g/mol. The summed E-state index contributed by atoms with van der Waals surface area (Å²) in [6.07, 6.45) is 0.536. The number of hydrogen-bond donors (Lipinski definition) is 2. The molecule has 0 aliphatic carbocycles. The SMILES string of the molecule is COc1cccc(CCNC(=O)C[C@H]2S[C@@H](c3ccc(C#Cc4ccccc4)cc3)N(c3cccc(C(N)=O)c3)C2=O)c1OC. The quantitative estimate of drug-likeness (QED) is 0.239. The van der Waals surface area contributed by atoms with Gasteiger partial charge in [-0.2, -0.15) is 0 Å². The number of methoxy groups -OCH3 is 2. The minimum absolute atomic E-state index is 0.00188. The highest BCUT2D eigenvalue weighted by atomic mass is 32.2. The Hall–Kier alpha value is -5.20. The lowest BCUT2D eigenvalue weighted by molar-refractivity contribution is -0.124. The van der Waals surface area contributed by atoms with Crippen molar-refractivity contribution in [1.29, 1.82) is 0 Å². The molecule has 1 fully saturated rings. The zero-order valence-corrected chi connectivity index (χ0v) is 25.8. The first-order valence-corrected chi connectivity index (χ1v) is 15.3. The topological polar surface area (TPSA) is 111 Å². The van der Waals surface area contributed by atoms with Crippen molar-refractivity contribution in [2.24, 2.45) is 5.73 Å². The number of amides is 3. The number of nitrogens with one attached hydrogen (secondary N) is 1. The summed E-state index contributed by atoms with van der Waals surface area (Å²) in [7, 11) is 3.16. The molecule has 2 atom stereocenters. The summed E-state index contributed by atoms with van der Waals surface area (Å²) in [6.45, 7) is 0.368. The van der Waals surface area contributed by atoms with Gasteiger partial charge in [0.15, 0.2) is 11.5 Å². The maximum absolute atomic E-state index is 13.8. The van der Waals surface area contributed by atoms with Crippen LogP contribution in [0, 0.1) is 11.8 Å². The second-order valence-electron chi connectivity index (χ2n) is 10.3. The number of carbonyl (C=O) groups excluding carboxylic acids is 3. The Balaban J connectivity index is 1.32. The molecule has 1 saturated heterocycles. The Morgan fingerprint density at radius 2 is 1.60 bits per heavy atom. The fourth-order valence-electron chi connectivity index (χ4n) is 5.10. The van der Waals surface area contributed by atoms with E-state index in [9.17, 15) is 14.4 Å². The molecule has 0 aromatic heterocycles. The molecule has 0 radical (unpaired) electrons. The van der Waals surface area contributed by atoms with Crippen LogP contribution in [0.15, 0.2) is 97.1 Å². The van der Waals surface area contributed by atoms with E-state index in [0.29, 0.717) is 35.7 Å². The van der Waals surface area contributed by atoms with E-state index in [2.05, 4.69) is 17.2 Å². The summed E-state index contributed by atoms with van der Waals surface area (Å²) in [5.74, 6) is 6.54. The third-order valence-corrected chi connectivity index (χ3v) is 8.78. The van der Waals surface area contributed by atoms with Gasteiger partial charge in [-0.3, -0.25) is 19.3 Å². The molecule has 0 spiro atoms. The van der Waals surface area contributed by atoms with E-state index in [0.717, 1.165) is 22.3 Å². The lowest BCUT2D eigenvalue weighted by Crippen LogP contribution is -2.34. The lowest BCUT2D eigenvalue weighted by Gasteiger charge is -2.24. The molecule has 1 heterocycles. The lowest BCUT2D eigenvalue weighted by atomic mass is 10.1. The molecular formula is C36H33N3O5S. The number of carbonyl (C=O) groups is 3. The molecule has 45 heavy (non-hydrogen) atoms. The van der Waals surface area contributed by atoms with Crippen molar-refractivity contribution in [3.05, 3.63) is 125 Å². The van der Waals surface area contributed by atoms with Crippen LogP contribution in [0.2, 0.25) is 0 Å². The van der Waals surface area contributed by atoms with E-state index in [1.165, 1.54) is 11.8 Å². The fourth-order valence-corrected chi connectivity index (χ4v) is 6.56. The Morgan fingerprint density at radius 1 is 0.889 bits per heavy atom. The highest BCUT2D eigenvalue weighted by Crippen LogP contribution is 2.46. The molecule has 5 rings (SSSR count). The number of para-hydroxylation sites is 1. The van der Waals surface area contributed by atoms with Crippen LogP contribution < -0.4 is 25.4 Å². The number of nitrogens with zero attached hydrogens (tertiary/aromatic N) is 1. The molecule has 4 aromatic rings. The van der Waals surface area contributed by atoms with Gasteiger partial charge >= 0.3 is 0 Å². The van der Waals surface area contributed by atoms with E-state index in [1.54, 1.807) is 43.4 Å². The molecule has 8 nitrogen and oxygen atoms in total. The number of rotatable bonds is 10. The number of anilines is 1. The van der Waals surface area contributed by atoms with Crippen molar-refractivity contribution in [3.63, 3.8) is 0 Å². The second kappa shape index (κ2) is 14.5. The monoisotopic (exact) mass is 619 g/mol. The number of hydrogen-bond acceptors (Lipinski definition) is 6. The Labute approximate surface area is 266 Å². The maximum Gasteiger partial charge on any atom is 0.248 e. The minimum atomic E-state index is -0.629. The molecular weight excluding hydrogens is 586 g/mol. The van der Waals surface area contributed by atoms with Crippen molar-refractivity contribution in [2.75, 3.05) is 25.7 Å². The van der Waals surface area contributed by atoms with E-state index in [4.69, 9.17) is 15.2 Å². The van der Waals surface area contributed by atoms with Crippen LogP contribution in [0.5, 0.6) is 11.5 Å². The minimum Gasteiger partial charge on any atom is -0.493 e. The maximum atomic E-state index is 13.8. The van der Waals surface area contributed by atoms with Gasteiger partial charge in [0.2, 0.25) is 17.7 Å². The zero-order valence-electron chi connectivity index (χ0n) is 25.0. The van der Waals surface area contributed by atoms with Crippen molar-refractivity contribution in [2.45, 2.75) is 23.5 Å². The molecule has 9 heteroatoms. The zero-order chi connectivity index (χ0) is 31.8. The number of benzene rings is 4. The third-order valence-electron chi connectivity index (χ3n) is 7.34. The number of thioether (sulfide) groups is 1. The molecule has 3 N–H and O–H groups in total. The largest absolute Gasteiger partial charge is 0.493 e. The Bertz CT molecular complexity index is 1750. The first-order chi connectivity index (χ1) is 21.9. The van der Waals surface area contributed by atoms with Crippen LogP contribution in [0.4, 0.5) is 5.69 Å². The van der Waals surface area contributed by atoms with Gasteiger partial charge in [0.1, 0.15) is 5.37 Å². The molecule has 4 aromatic carbocycles. The molecule has 0 saturated carbocycles. The van der Waals surface area contributed by atoms with Gasteiger partial charge in [-0.1, -0.05) is 60.4 Å². The van der Waals surface area contributed by atoms with Crippen LogP contribution in [0.3, 0.4) is 0 Å². The van der Waals surface area contributed by atoms with Crippen molar-refractivity contribution in [3.8, 4) is 23.3 Å². The first kappa shape index (κ1) is 31.2. The summed E-state index contributed by atoms with van der Waals surface area (Å²) in [5.41, 5.74) is 9.90. The van der Waals surface area contributed by atoms with Gasteiger partial charge in [-0.05, 0) is 66.1 Å². The smallest absolute Gasteiger partial charge is 0.248 e. The van der Waals surface area contributed by atoms with Crippen molar-refractivity contribution in [1.82, 2.24) is 5.32 Å². The summed E-state index contributed by atoms with van der Waals surface area (Å²) in [6, 6.07) is 29.7. The van der Waals surface area contributed by atoms with Crippen LogP contribution >= 0.6 is 11.8 Å². The van der Waals surface area contributed by atoms with Gasteiger partial charge in [0.05, 0.1) is 19.5 Å². The summed E-state index contributed by atoms with van der Waals surface area (Å²) in [5, 5.41) is 1.89. The summed E-state index contributed by atoms with van der Waals surface area (Å²) in [4.78, 5) is 40.5. The van der Waals surface area contributed by atoms with Crippen LogP contribution in [0.25, 0.3) is 0 Å². The molecule has 0 bridgehead atoms. The van der Waals surface area contributed by atoms with E-state index >= 15 is 0 Å². The number of primary amides is 1. The van der Waals surface area contributed by atoms with Gasteiger partial charge in [0.25, 0.3) is 0 Å². The van der Waals surface area contributed by atoms with Gasteiger partial charge in [0, 0.05) is 35.3 Å². The molecule has 3 amide bonds. The standard InChI is InChI=1S/C36H33N3O5S/c1-43-30-13-7-10-26(33(30)44-2)20-21-38-32(40)23-31-35(42)39(29-12-6-11-28(22-29)34(37)41)36(45-31)27-18-16-25(17-19-27)15-14-24-8-4-3-5-9-24/h3-13,16-19,22,31,36H,20-21,23H2,1-2H3,(H2,37,41)(H,38,40)/t31-,36+/m1/s1. The number of nitrogens with two attached hydrogens (primary N) is 1. The van der Waals surface area contributed by atoms with Crippen molar-refractivity contribution >= 4 is 35.2 Å². The molecule has 1 aliphatic heterocycles.